The molecule has 0 bridgehead atoms. The van der Waals surface area contributed by atoms with Crippen molar-refractivity contribution in [1.29, 1.82) is 0 Å². The number of rotatable bonds is 4. The van der Waals surface area contributed by atoms with Gasteiger partial charge in [0.1, 0.15) is 0 Å². The van der Waals surface area contributed by atoms with Crippen LogP contribution >= 0.6 is 0 Å². The summed E-state index contributed by atoms with van der Waals surface area (Å²) in [5.74, 6) is 0.553. The van der Waals surface area contributed by atoms with E-state index in [2.05, 4.69) is 15.5 Å². The smallest absolute Gasteiger partial charge is 0.339 e. The van der Waals surface area contributed by atoms with Crippen molar-refractivity contribution in [3.63, 3.8) is 0 Å². The molecule has 1 fully saturated rings. The fourth-order valence-corrected chi connectivity index (χ4v) is 1.87. The minimum atomic E-state index is -4.17. The Labute approximate surface area is 96.6 Å². The Morgan fingerprint density at radius 2 is 2.24 bits per heavy atom. The molecular weight excluding hydrogens is 235 g/mol. The molecule has 0 spiro atoms. The molecule has 0 radical (unpaired) electrons. The maximum Gasteiger partial charge on any atom is 0.389 e. The van der Waals surface area contributed by atoms with Gasteiger partial charge >= 0.3 is 6.18 Å². The fraction of sp³-hybridized carbons (Fsp3) is 0.800. The van der Waals surface area contributed by atoms with E-state index in [1.807, 2.05) is 0 Å². The van der Waals surface area contributed by atoms with Gasteiger partial charge in [-0.05, 0) is 19.4 Å². The zero-order chi connectivity index (χ0) is 12.3. The van der Waals surface area contributed by atoms with Crippen LogP contribution in [0.25, 0.3) is 0 Å². The second-order valence-electron chi connectivity index (χ2n) is 4.22. The normalized spacial score (nSPS) is 21.0. The predicted octanol–water partition coefficient (Wildman–Crippen LogP) is 1.86. The van der Waals surface area contributed by atoms with Crippen molar-refractivity contribution < 1.29 is 17.7 Å². The monoisotopic (exact) mass is 249 g/mol. The molecule has 17 heavy (non-hydrogen) atoms. The number of nitrogens with one attached hydrogen (secondary N) is 1. The highest BCUT2D eigenvalue weighted by atomic mass is 19.4. The van der Waals surface area contributed by atoms with Crippen LogP contribution in [0, 0.1) is 0 Å². The van der Waals surface area contributed by atoms with E-state index in [-0.39, 0.29) is 12.2 Å². The van der Waals surface area contributed by atoms with Gasteiger partial charge in [0, 0.05) is 18.9 Å². The van der Waals surface area contributed by atoms with Crippen LogP contribution in [0.5, 0.6) is 0 Å². The zero-order valence-electron chi connectivity index (χ0n) is 9.26. The first kappa shape index (κ1) is 12.3. The van der Waals surface area contributed by atoms with Crippen LogP contribution in [0.2, 0.25) is 0 Å². The second-order valence-corrected chi connectivity index (χ2v) is 4.22. The molecule has 0 aliphatic carbocycles. The Hall–Kier alpha value is -1.11. The fourth-order valence-electron chi connectivity index (χ4n) is 1.87. The molecule has 1 N–H and O–H groups in total. The van der Waals surface area contributed by atoms with Gasteiger partial charge in [0.15, 0.2) is 5.82 Å². The van der Waals surface area contributed by atoms with E-state index < -0.39 is 12.6 Å². The molecule has 0 amide bonds. The van der Waals surface area contributed by atoms with Crippen molar-refractivity contribution in [3.8, 4) is 0 Å². The number of aryl methyl sites for hydroxylation is 1. The van der Waals surface area contributed by atoms with Crippen LogP contribution in [0.15, 0.2) is 4.52 Å². The summed E-state index contributed by atoms with van der Waals surface area (Å²) in [6.07, 6.45) is -2.55. The summed E-state index contributed by atoms with van der Waals surface area (Å²) in [5, 5.41) is 6.81. The Kier molecular flexibility index (Phi) is 3.66. The summed E-state index contributed by atoms with van der Waals surface area (Å²) < 4.78 is 40.9. The SMILES string of the molecule is FC(F)(F)CCc1noc(CC2CCCN2)n1. The number of alkyl halides is 3. The minimum absolute atomic E-state index is 0.135. The first-order valence-corrected chi connectivity index (χ1v) is 5.64. The summed E-state index contributed by atoms with van der Waals surface area (Å²) in [6, 6.07) is 0.311. The summed E-state index contributed by atoms with van der Waals surface area (Å²) in [4.78, 5) is 3.96. The molecule has 1 unspecified atom stereocenters. The Morgan fingerprint density at radius 3 is 2.88 bits per heavy atom. The third kappa shape index (κ3) is 3.99. The van der Waals surface area contributed by atoms with Crippen LogP contribution in [-0.2, 0) is 12.8 Å². The van der Waals surface area contributed by atoms with E-state index in [9.17, 15) is 13.2 Å². The molecular formula is C10H14F3N3O. The maximum atomic E-state index is 12.0. The molecule has 7 heteroatoms. The van der Waals surface area contributed by atoms with E-state index >= 15 is 0 Å². The standard InChI is InChI=1S/C10H14F3N3O/c11-10(12,13)4-3-8-15-9(17-16-8)6-7-2-1-5-14-7/h7,14H,1-6H2. The van der Waals surface area contributed by atoms with Crippen molar-refractivity contribution in [2.45, 2.75) is 44.3 Å². The number of hydrogen-bond donors (Lipinski definition) is 1. The van der Waals surface area contributed by atoms with Gasteiger partial charge in [0.05, 0.1) is 6.42 Å². The van der Waals surface area contributed by atoms with Crippen LogP contribution in [0.4, 0.5) is 13.2 Å². The molecule has 2 rings (SSSR count). The van der Waals surface area contributed by atoms with Crippen LogP contribution < -0.4 is 5.32 Å². The molecule has 1 aliphatic heterocycles. The maximum absolute atomic E-state index is 12.0. The minimum Gasteiger partial charge on any atom is -0.339 e. The summed E-state index contributed by atoms with van der Waals surface area (Å²) in [7, 11) is 0. The molecule has 0 aromatic carbocycles. The van der Waals surface area contributed by atoms with E-state index in [0.29, 0.717) is 18.4 Å². The highest BCUT2D eigenvalue weighted by Gasteiger charge is 2.27. The molecule has 1 aromatic rings. The zero-order valence-corrected chi connectivity index (χ0v) is 9.26. The van der Waals surface area contributed by atoms with E-state index in [1.165, 1.54) is 0 Å². The van der Waals surface area contributed by atoms with Crippen molar-refractivity contribution in [2.24, 2.45) is 0 Å². The van der Waals surface area contributed by atoms with Gasteiger partial charge in [-0.3, -0.25) is 0 Å². The third-order valence-corrected chi connectivity index (χ3v) is 2.73. The average molecular weight is 249 g/mol. The molecule has 1 atom stereocenters. The van der Waals surface area contributed by atoms with E-state index in [0.717, 1.165) is 19.4 Å². The Morgan fingerprint density at radius 1 is 1.41 bits per heavy atom. The van der Waals surface area contributed by atoms with Gasteiger partial charge in [0.2, 0.25) is 5.89 Å². The van der Waals surface area contributed by atoms with Gasteiger partial charge in [0.25, 0.3) is 0 Å². The predicted molar refractivity (Wildman–Crippen MR) is 53.4 cm³/mol. The number of halogens is 3. The number of aromatic nitrogens is 2. The summed E-state index contributed by atoms with van der Waals surface area (Å²) in [6.45, 7) is 0.972. The topological polar surface area (TPSA) is 51.0 Å². The lowest BCUT2D eigenvalue weighted by Crippen LogP contribution is -2.23. The van der Waals surface area contributed by atoms with Crippen molar-refractivity contribution >= 4 is 0 Å². The first-order chi connectivity index (χ1) is 8.03. The van der Waals surface area contributed by atoms with Gasteiger partial charge in [-0.2, -0.15) is 18.2 Å². The van der Waals surface area contributed by atoms with Crippen molar-refractivity contribution in [1.82, 2.24) is 15.5 Å². The van der Waals surface area contributed by atoms with E-state index in [1.54, 1.807) is 0 Å². The van der Waals surface area contributed by atoms with Crippen LogP contribution in [0.3, 0.4) is 0 Å². The Bertz CT molecular complexity index is 358. The molecule has 1 saturated heterocycles. The van der Waals surface area contributed by atoms with E-state index in [4.69, 9.17) is 4.52 Å². The highest BCUT2D eigenvalue weighted by Crippen LogP contribution is 2.21. The summed E-state index contributed by atoms with van der Waals surface area (Å²) in [5.41, 5.74) is 0. The van der Waals surface area contributed by atoms with Gasteiger partial charge in [-0.1, -0.05) is 5.16 Å². The molecule has 4 nitrogen and oxygen atoms in total. The molecule has 0 saturated carbocycles. The second kappa shape index (κ2) is 5.03. The highest BCUT2D eigenvalue weighted by molar-refractivity contribution is 4.91. The number of hydrogen-bond acceptors (Lipinski definition) is 4. The number of nitrogens with zero attached hydrogens (tertiary/aromatic N) is 2. The lowest BCUT2D eigenvalue weighted by atomic mass is 10.1. The lowest BCUT2D eigenvalue weighted by molar-refractivity contribution is -0.134. The molecule has 1 aliphatic rings. The Balaban J connectivity index is 1.83. The summed E-state index contributed by atoms with van der Waals surface area (Å²) >= 11 is 0. The van der Waals surface area contributed by atoms with Crippen molar-refractivity contribution in [2.75, 3.05) is 6.54 Å². The van der Waals surface area contributed by atoms with Gasteiger partial charge in [-0.15, -0.1) is 0 Å². The van der Waals surface area contributed by atoms with Gasteiger partial charge in [-0.25, -0.2) is 0 Å². The average Bonchev–Trinajstić information content (AvgIpc) is 2.86. The van der Waals surface area contributed by atoms with Crippen LogP contribution in [0.1, 0.15) is 31.0 Å². The van der Waals surface area contributed by atoms with Crippen molar-refractivity contribution in [3.05, 3.63) is 11.7 Å². The molecule has 2 heterocycles. The molecule has 1 aromatic heterocycles. The van der Waals surface area contributed by atoms with Crippen LogP contribution in [-0.4, -0.2) is 28.9 Å². The quantitative estimate of drug-likeness (QED) is 0.884. The van der Waals surface area contributed by atoms with Gasteiger partial charge < -0.3 is 9.84 Å². The first-order valence-electron chi connectivity index (χ1n) is 5.64. The molecule has 96 valence electrons. The lowest BCUT2D eigenvalue weighted by Gasteiger charge is -2.04. The third-order valence-electron chi connectivity index (χ3n) is 2.73. The largest absolute Gasteiger partial charge is 0.389 e.